The molecule has 8 heteroatoms. The summed E-state index contributed by atoms with van der Waals surface area (Å²) in [5.41, 5.74) is 1.48. The van der Waals surface area contributed by atoms with Crippen LogP contribution >= 0.6 is 0 Å². The number of morpholine rings is 1. The second-order valence-corrected chi connectivity index (χ2v) is 6.67. The molecule has 156 valence electrons. The normalized spacial score (nSPS) is 14.8. The highest BCUT2D eigenvalue weighted by Gasteiger charge is 2.15. The predicted molar refractivity (Wildman–Crippen MR) is 107 cm³/mol. The van der Waals surface area contributed by atoms with Crippen molar-refractivity contribution in [1.29, 1.82) is 0 Å². The Morgan fingerprint density at radius 2 is 1.83 bits per heavy atom. The number of nitrogens with zero attached hydrogens (tertiary/aromatic N) is 2. The Labute approximate surface area is 168 Å². The van der Waals surface area contributed by atoms with Crippen LogP contribution < -0.4 is 15.5 Å². The van der Waals surface area contributed by atoms with Gasteiger partial charge < -0.3 is 20.3 Å². The quantitative estimate of drug-likeness (QED) is 0.572. The minimum Gasteiger partial charge on any atom is -0.378 e. The van der Waals surface area contributed by atoms with E-state index < -0.39 is 11.6 Å². The molecule has 0 amide bonds. The Morgan fingerprint density at radius 1 is 1.03 bits per heavy atom. The summed E-state index contributed by atoms with van der Waals surface area (Å²) < 4.78 is 46.9. The van der Waals surface area contributed by atoms with Crippen LogP contribution in [0, 0.1) is 17.5 Å². The van der Waals surface area contributed by atoms with Gasteiger partial charge in [-0.3, -0.25) is 0 Å². The maximum Gasteiger partial charge on any atom is 0.191 e. The molecule has 0 unspecified atom stereocenters. The monoisotopic (exact) mass is 406 g/mol. The Kier molecular flexibility index (Phi) is 7.35. The van der Waals surface area contributed by atoms with Crippen molar-refractivity contribution >= 4 is 11.6 Å². The summed E-state index contributed by atoms with van der Waals surface area (Å²) >= 11 is 0. The lowest BCUT2D eigenvalue weighted by molar-refractivity contribution is 0.122. The minimum absolute atomic E-state index is 0.0831. The molecule has 1 saturated heterocycles. The smallest absolute Gasteiger partial charge is 0.191 e. The van der Waals surface area contributed by atoms with Crippen molar-refractivity contribution in [3.63, 3.8) is 0 Å². The molecule has 0 bridgehead atoms. The first-order chi connectivity index (χ1) is 14.1. The van der Waals surface area contributed by atoms with Gasteiger partial charge in [0.1, 0.15) is 17.5 Å². The van der Waals surface area contributed by atoms with Crippen LogP contribution in [-0.4, -0.2) is 38.8 Å². The first-order valence-electron chi connectivity index (χ1n) is 9.64. The third-order valence-electron chi connectivity index (χ3n) is 4.58. The van der Waals surface area contributed by atoms with E-state index in [1.54, 1.807) is 6.07 Å². The van der Waals surface area contributed by atoms with Crippen LogP contribution in [0.4, 0.5) is 18.9 Å². The van der Waals surface area contributed by atoms with Crippen LogP contribution in [0.5, 0.6) is 0 Å². The summed E-state index contributed by atoms with van der Waals surface area (Å²) in [7, 11) is 0. The number of halogens is 3. The molecule has 0 radical (unpaired) electrons. The van der Waals surface area contributed by atoms with Crippen molar-refractivity contribution in [2.45, 2.75) is 20.0 Å². The molecule has 2 aromatic rings. The molecule has 1 aliphatic heterocycles. The van der Waals surface area contributed by atoms with E-state index in [1.165, 1.54) is 6.07 Å². The first-order valence-corrected chi connectivity index (χ1v) is 9.64. The molecule has 0 saturated carbocycles. The highest BCUT2D eigenvalue weighted by molar-refractivity contribution is 5.79. The van der Waals surface area contributed by atoms with E-state index in [-0.39, 0.29) is 24.5 Å². The van der Waals surface area contributed by atoms with Gasteiger partial charge in [-0.05, 0) is 42.8 Å². The third-order valence-corrected chi connectivity index (χ3v) is 4.58. The van der Waals surface area contributed by atoms with E-state index in [4.69, 9.17) is 4.74 Å². The molecule has 0 aliphatic carbocycles. The fourth-order valence-corrected chi connectivity index (χ4v) is 3.08. The standard InChI is InChI=1S/C21H25F3N4O/c1-2-25-21(27-14-16-12-17(22)4-5-18(16)23)26-13-15-3-6-20(19(24)11-15)28-7-9-29-10-8-28/h3-6,11-12H,2,7-10,13-14H2,1H3,(H2,25,26,27). The van der Waals surface area contributed by atoms with E-state index in [1.807, 2.05) is 17.9 Å². The summed E-state index contributed by atoms with van der Waals surface area (Å²) in [5, 5.41) is 6.01. The number of anilines is 1. The summed E-state index contributed by atoms with van der Waals surface area (Å²) in [6, 6.07) is 8.39. The highest BCUT2D eigenvalue weighted by Crippen LogP contribution is 2.22. The largest absolute Gasteiger partial charge is 0.378 e. The molecule has 0 aromatic heterocycles. The van der Waals surface area contributed by atoms with E-state index in [0.717, 1.165) is 18.2 Å². The Bertz CT molecular complexity index is 854. The van der Waals surface area contributed by atoms with Gasteiger partial charge in [0.15, 0.2) is 5.96 Å². The van der Waals surface area contributed by atoms with Crippen LogP contribution in [0.25, 0.3) is 0 Å². The lowest BCUT2D eigenvalue weighted by Crippen LogP contribution is -2.37. The Morgan fingerprint density at radius 3 is 2.55 bits per heavy atom. The van der Waals surface area contributed by atoms with Crippen LogP contribution in [0.1, 0.15) is 18.1 Å². The number of guanidine groups is 1. The van der Waals surface area contributed by atoms with Crippen molar-refractivity contribution in [3.8, 4) is 0 Å². The summed E-state index contributed by atoms with van der Waals surface area (Å²) in [4.78, 5) is 6.38. The molecule has 1 heterocycles. The van der Waals surface area contributed by atoms with E-state index >= 15 is 0 Å². The molecular weight excluding hydrogens is 381 g/mol. The summed E-state index contributed by atoms with van der Waals surface area (Å²) in [5.74, 6) is -0.843. The van der Waals surface area contributed by atoms with Crippen molar-refractivity contribution in [2.24, 2.45) is 4.99 Å². The van der Waals surface area contributed by atoms with Gasteiger partial charge in [0.2, 0.25) is 0 Å². The molecule has 3 rings (SSSR count). The third kappa shape index (κ3) is 5.87. The number of rotatable bonds is 6. The number of ether oxygens (including phenoxy) is 1. The number of hydrogen-bond donors (Lipinski definition) is 2. The minimum atomic E-state index is -0.499. The second-order valence-electron chi connectivity index (χ2n) is 6.67. The zero-order valence-corrected chi connectivity index (χ0v) is 16.4. The van der Waals surface area contributed by atoms with Crippen molar-refractivity contribution in [2.75, 3.05) is 37.7 Å². The highest BCUT2D eigenvalue weighted by atomic mass is 19.1. The molecular formula is C21H25F3N4O. The molecule has 0 atom stereocenters. The molecule has 0 spiro atoms. The molecule has 2 N–H and O–H groups in total. The topological polar surface area (TPSA) is 48.9 Å². The maximum atomic E-state index is 14.5. The Hall–Kier alpha value is -2.74. The van der Waals surface area contributed by atoms with Gasteiger partial charge in [-0.15, -0.1) is 0 Å². The average Bonchev–Trinajstić information content (AvgIpc) is 2.73. The predicted octanol–water partition coefficient (Wildman–Crippen LogP) is 3.20. The second kappa shape index (κ2) is 10.2. The molecule has 1 fully saturated rings. The van der Waals surface area contributed by atoms with Gasteiger partial charge in [-0.25, -0.2) is 18.2 Å². The fourth-order valence-electron chi connectivity index (χ4n) is 3.08. The van der Waals surface area contributed by atoms with Crippen molar-refractivity contribution in [3.05, 3.63) is 65.0 Å². The van der Waals surface area contributed by atoms with Crippen LogP contribution in [-0.2, 0) is 17.8 Å². The zero-order valence-electron chi connectivity index (χ0n) is 16.4. The van der Waals surface area contributed by atoms with Gasteiger partial charge in [0.25, 0.3) is 0 Å². The number of hydrogen-bond acceptors (Lipinski definition) is 3. The lowest BCUT2D eigenvalue weighted by atomic mass is 10.1. The fraction of sp³-hybridized carbons (Fsp3) is 0.381. The number of nitrogens with one attached hydrogen (secondary N) is 2. The first kappa shape index (κ1) is 21.0. The van der Waals surface area contributed by atoms with Crippen molar-refractivity contribution in [1.82, 2.24) is 10.6 Å². The molecule has 1 aliphatic rings. The number of aliphatic imine (C=N–C) groups is 1. The Balaban J connectivity index is 1.64. The van der Waals surface area contributed by atoms with Crippen LogP contribution in [0.3, 0.4) is 0 Å². The molecule has 29 heavy (non-hydrogen) atoms. The number of benzene rings is 2. The van der Waals surface area contributed by atoms with Gasteiger partial charge >= 0.3 is 0 Å². The van der Waals surface area contributed by atoms with Crippen LogP contribution in [0.2, 0.25) is 0 Å². The maximum absolute atomic E-state index is 14.5. The summed E-state index contributed by atoms with van der Waals surface area (Å²) in [6.07, 6.45) is 0. The zero-order chi connectivity index (χ0) is 20.6. The van der Waals surface area contributed by atoms with E-state index in [9.17, 15) is 13.2 Å². The van der Waals surface area contributed by atoms with E-state index in [2.05, 4.69) is 15.6 Å². The lowest BCUT2D eigenvalue weighted by Gasteiger charge is -2.29. The SMILES string of the molecule is CCNC(=NCc1ccc(N2CCOCC2)c(F)c1)NCc1cc(F)ccc1F. The molecule has 2 aromatic carbocycles. The van der Waals surface area contributed by atoms with E-state index in [0.29, 0.717) is 50.1 Å². The summed E-state index contributed by atoms with van der Waals surface area (Å²) in [6.45, 7) is 5.35. The molecule has 5 nitrogen and oxygen atoms in total. The average molecular weight is 406 g/mol. The van der Waals surface area contributed by atoms with Crippen LogP contribution in [0.15, 0.2) is 41.4 Å². The van der Waals surface area contributed by atoms with Gasteiger partial charge in [0.05, 0.1) is 25.4 Å². The van der Waals surface area contributed by atoms with Crippen molar-refractivity contribution < 1.29 is 17.9 Å². The van der Waals surface area contributed by atoms with Gasteiger partial charge in [-0.1, -0.05) is 6.07 Å². The van der Waals surface area contributed by atoms with Gasteiger partial charge in [0, 0.05) is 31.7 Å². The van der Waals surface area contributed by atoms with Gasteiger partial charge in [-0.2, -0.15) is 0 Å².